The fraction of sp³-hybridized carbons (Fsp3) is 0.364. The number of ketones is 1. The van der Waals surface area contributed by atoms with E-state index < -0.39 is 0 Å². The topological polar surface area (TPSA) is 17.1 Å². The van der Waals surface area contributed by atoms with Crippen molar-refractivity contribution in [3.8, 4) is 0 Å². The molecular weight excluding hydrogens is 184 g/mol. The predicted molar refractivity (Wildman–Crippen MR) is 53.4 cm³/mol. The summed E-state index contributed by atoms with van der Waals surface area (Å²) in [6.45, 7) is 1.58. The van der Waals surface area contributed by atoms with Crippen LogP contribution in [0.2, 0.25) is 0 Å². The minimum absolute atomic E-state index is 0.116. The average Bonchev–Trinajstić information content (AvgIpc) is 2.83. The van der Waals surface area contributed by atoms with E-state index in [2.05, 4.69) is 0 Å². The number of halogens is 1. The molecule has 0 spiro atoms. The van der Waals surface area contributed by atoms with Gasteiger partial charge < -0.3 is 0 Å². The number of benzene rings is 1. The van der Waals surface area contributed by atoms with Gasteiger partial charge in [0.15, 0.2) is 5.78 Å². The third kappa shape index (κ3) is 1.75. The molecule has 2 heteroatoms. The largest absolute Gasteiger partial charge is 0.295 e. The van der Waals surface area contributed by atoms with Gasteiger partial charge in [-0.25, -0.2) is 0 Å². The van der Waals surface area contributed by atoms with Gasteiger partial charge in [-0.15, -0.1) is 11.6 Å². The second kappa shape index (κ2) is 3.15. The van der Waals surface area contributed by atoms with E-state index in [1.54, 1.807) is 6.92 Å². The van der Waals surface area contributed by atoms with Crippen LogP contribution in [-0.4, -0.2) is 11.2 Å². The molecule has 1 fully saturated rings. The van der Waals surface area contributed by atoms with Crippen molar-refractivity contribution in [2.45, 2.75) is 24.6 Å². The monoisotopic (exact) mass is 194 g/mol. The normalized spacial score (nSPS) is 25.7. The van der Waals surface area contributed by atoms with Crippen LogP contribution in [0.3, 0.4) is 0 Å². The van der Waals surface area contributed by atoms with Gasteiger partial charge in [-0.3, -0.25) is 4.79 Å². The zero-order valence-electron chi connectivity index (χ0n) is 7.46. The molecule has 68 valence electrons. The maximum absolute atomic E-state index is 11.0. The Balaban J connectivity index is 2.19. The molecule has 1 aliphatic carbocycles. The summed E-state index contributed by atoms with van der Waals surface area (Å²) in [4.78, 5) is 11.0. The summed E-state index contributed by atoms with van der Waals surface area (Å²) in [7, 11) is 0. The minimum Gasteiger partial charge on any atom is -0.295 e. The molecule has 2 atom stereocenters. The van der Waals surface area contributed by atoms with E-state index in [1.165, 1.54) is 5.56 Å². The molecule has 0 bridgehead atoms. The number of alkyl halides is 1. The first-order valence-corrected chi connectivity index (χ1v) is 4.87. The summed E-state index contributed by atoms with van der Waals surface area (Å²) < 4.78 is 0. The molecule has 0 radical (unpaired) electrons. The standard InChI is InChI=1S/C11H11ClO/c1-7(13)8-2-4-9(5-3-8)10-6-11(10)12/h2-5,10-11H,6H2,1H3/t10?,11-/m1/s1. The fourth-order valence-electron chi connectivity index (χ4n) is 1.47. The molecule has 1 saturated carbocycles. The Morgan fingerprint density at radius 2 is 1.92 bits per heavy atom. The highest BCUT2D eigenvalue weighted by molar-refractivity contribution is 6.23. The van der Waals surface area contributed by atoms with Crippen LogP contribution in [0, 0.1) is 0 Å². The van der Waals surface area contributed by atoms with Gasteiger partial charge in [0.05, 0.1) is 0 Å². The summed E-state index contributed by atoms with van der Waals surface area (Å²) in [6, 6.07) is 7.76. The fourth-order valence-corrected chi connectivity index (χ4v) is 1.81. The van der Waals surface area contributed by atoms with Crippen molar-refractivity contribution in [2.24, 2.45) is 0 Å². The molecule has 1 nitrogen and oxygen atoms in total. The lowest BCUT2D eigenvalue weighted by atomic mass is 10.1. The van der Waals surface area contributed by atoms with E-state index in [0.29, 0.717) is 11.3 Å². The van der Waals surface area contributed by atoms with Crippen LogP contribution < -0.4 is 0 Å². The highest BCUT2D eigenvalue weighted by atomic mass is 35.5. The van der Waals surface area contributed by atoms with Gasteiger partial charge in [0.2, 0.25) is 0 Å². The van der Waals surface area contributed by atoms with Gasteiger partial charge in [0.25, 0.3) is 0 Å². The number of hydrogen-bond acceptors (Lipinski definition) is 1. The minimum atomic E-state index is 0.116. The summed E-state index contributed by atoms with van der Waals surface area (Å²) in [5.74, 6) is 0.632. The van der Waals surface area contributed by atoms with Gasteiger partial charge in [-0.05, 0) is 18.9 Å². The van der Waals surface area contributed by atoms with Crippen LogP contribution in [-0.2, 0) is 0 Å². The molecule has 0 N–H and O–H groups in total. The van der Waals surface area contributed by atoms with Gasteiger partial charge in [0, 0.05) is 16.9 Å². The second-order valence-corrected chi connectivity index (χ2v) is 4.10. The van der Waals surface area contributed by atoms with E-state index in [4.69, 9.17) is 11.6 Å². The number of Topliss-reactive ketones (excluding diaryl/α,β-unsaturated/α-hetero) is 1. The molecule has 1 aromatic carbocycles. The molecule has 1 aliphatic rings. The summed E-state index contributed by atoms with van der Waals surface area (Å²) >= 11 is 5.92. The van der Waals surface area contributed by atoms with E-state index in [1.807, 2.05) is 24.3 Å². The first-order chi connectivity index (χ1) is 6.18. The Bertz CT molecular complexity index is 328. The molecule has 0 aromatic heterocycles. The van der Waals surface area contributed by atoms with Crippen molar-refractivity contribution in [2.75, 3.05) is 0 Å². The van der Waals surface area contributed by atoms with Gasteiger partial charge in [-0.1, -0.05) is 24.3 Å². The molecule has 1 aromatic rings. The SMILES string of the molecule is CC(=O)c1ccc(C2C[C@H]2Cl)cc1. The van der Waals surface area contributed by atoms with E-state index in [-0.39, 0.29) is 5.78 Å². The number of rotatable bonds is 2. The third-order valence-corrected chi connectivity index (χ3v) is 2.94. The van der Waals surface area contributed by atoms with Crippen LogP contribution in [0.1, 0.15) is 35.2 Å². The Kier molecular flexibility index (Phi) is 2.12. The quantitative estimate of drug-likeness (QED) is 0.523. The number of carbonyl (C=O) groups excluding carboxylic acids is 1. The van der Waals surface area contributed by atoms with Crippen molar-refractivity contribution in [3.05, 3.63) is 35.4 Å². The Hall–Kier alpha value is -0.820. The van der Waals surface area contributed by atoms with Crippen molar-refractivity contribution >= 4 is 17.4 Å². The van der Waals surface area contributed by atoms with Crippen LogP contribution >= 0.6 is 11.6 Å². The van der Waals surface area contributed by atoms with Gasteiger partial charge >= 0.3 is 0 Å². The lowest BCUT2D eigenvalue weighted by molar-refractivity contribution is 0.101. The zero-order chi connectivity index (χ0) is 9.42. The Labute approximate surface area is 82.7 Å². The summed E-state index contributed by atoms with van der Waals surface area (Å²) in [6.07, 6.45) is 1.07. The lowest BCUT2D eigenvalue weighted by Crippen LogP contribution is -1.91. The Morgan fingerprint density at radius 1 is 1.38 bits per heavy atom. The molecule has 0 saturated heterocycles. The van der Waals surface area contributed by atoms with E-state index >= 15 is 0 Å². The van der Waals surface area contributed by atoms with Crippen molar-refractivity contribution in [1.82, 2.24) is 0 Å². The maximum Gasteiger partial charge on any atom is 0.159 e. The van der Waals surface area contributed by atoms with Gasteiger partial charge in [-0.2, -0.15) is 0 Å². The van der Waals surface area contributed by atoms with Crippen LogP contribution in [0.15, 0.2) is 24.3 Å². The molecular formula is C11H11ClO. The predicted octanol–water partition coefficient (Wildman–Crippen LogP) is 2.98. The van der Waals surface area contributed by atoms with Crippen LogP contribution in [0.25, 0.3) is 0 Å². The van der Waals surface area contributed by atoms with Crippen molar-refractivity contribution in [1.29, 1.82) is 0 Å². The molecule has 0 heterocycles. The van der Waals surface area contributed by atoms with E-state index in [0.717, 1.165) is 12.0 Å². The molecule has 13 heavy (non-hydrogen) atoms. The highest BCUT2D eigenvalue weighted by Gasteiger charge is 2.36. The first kappa shape index (κ1) is 8.76. The summed E-state index contributed by atoms with van der Waals surface area (Å²) in [5.41, 5.74) is 2.03. The third-order valence-electron chi connectivity index (χ3n) is 2.46. The van der Waals surface area contributed by atoms with Crippen LogP contribution in [0.5, 0.6) is 0 Å². The number of hydrogen-bond donors (Lipinski definition) is 0. The van der Waals surface area contributed by atoms with Crippen molar-refractivity contribution < 1.29 is 4.79 Å². The first-order valence-electron chi connectivity index (χ1n) is 4.43. The number of carbonyl (C=O) groups is 1. The maximum atomic E-state index is 11.0. The Morgan fingerprint density at radius 3 is 2.31 bits per heavy atom. The second-order valence-electron chi connectivity index (χ2n) is 3.54. The van der Waals surface area contributed by atoms with Crippen LogP contribution in [0.4, 0.5) is 0 Å². The lowest BCUT2D eigenvalue weighted by Gasteiger charge is -1.99. The van der Waals surface area contributed by atoms with Crippen molar-refractivity contribution in [3.63, 3.8) is 0 Å². The van der Waals surface area contributed by atoms with Gasteiger partial charge in [0.1, 0.15) is 0 Å². The molecule has 1 unspecified atom stereocenters. The average molecular weight is 195 g/mol. The summed E-state index contributed by atoms with van der Waals surface area (Å²) in [5, 5.41) is 0.308. The molecule has 0 amide bonds. The highest BCUT2D eigenvalue weighted by Crippen LogP contribution is 2.45. The molecule has 0 aliphatic heterocycles. The smallest absolute Gasteiger partial charge is 0.159 e. The van der Waals surface area contributed by atoms with E-state index in [9.17, 15) is 4.79 Å². The molecule has 2 rings (SSSR count). The zero-order valence-corrected chi connectivity index (χ0v) is 8.21.